The first-order valence-corrected chi connectivity index (χ1v) is 11.0. The molecule has 5 rings (SSSR count). The third-order valence-corrected chi connectivity index (χ3v) is 6.02. The van der Waals surface area contributed by atoms with Gasteiger partial charge >= 0.3 is 0 Å². The molecule has 0 atom stereocenters. The van der Waals surface area contributed by atoms with Gasteiger partial charge in [0.2, 0.25) is 0 Å². The lowest BCUT2D eigenvalue weighted by Gasteiger charge is -2.26. The summed E-state index contributed by atoms with van der Waals surface area (Å²) in [7, 11) is 0. The van der Waals surface area contributed by atoms with E-state index in [4.69, 9.17) is 15.2 Å². The van der Waals surface area contributed by atoms with Crippen molar-refractivity contribution in [1.82, 2.24) is 9.88 Å². The average molecular weight is 444 g/mol. The quantitative estimate of drug-likeness (QED) is 0.488. The van der Waals surface area contributed by atoms with Crippen molar-refractivity contribution in [3.05, 3.63) is 65.7 Å². The first-order chi connectivity index (χ1) is 16.0. The lowest BCUT2D eigenvalue weighted by molar-refractivity contribution is 0.0303. The molecule has 1 fully saturated rings. The maximum atomic E-state index is 12.9. The van der Waals surface area contributed by atoms with Gasteiger partial charge in [-0.3, -0.25) is 9.59 Å². The maximum Gasteiger partial charge on any atom is 0.254 e. The fraction of sp³-hybridized carbons (Fsp3) is 0.231. The fourth-order valence-corrected chi connectivity index (χ4v) is 4.36. The standard InChI is InChI=1S/C26H25N3O4/c1-2-33-19-6-3-16(4-7-19)18-13-21-20-8-5-17(26(31)29-9-11-32-12-10-29)15-23(20)28-24(21)22(14-18)25(27)30/h3-8,13-15,28H,2,9-12H2,1H3,(H2,27,30). The molecule has 4 aromatic rings. The van der Waals surface area contributed by atoms with Crippen LogP contribution in [-0.4, -0.2) is 54.6 Å². The number of amides is 2. The molecule has 3 N–H and O–H groups in total. The molecule has 0 aliphatic carbocycles. The van der Waals surface area contributed by atoms with Crippen LogP contribution in [-0.2, 0) is 4.74 Å². The number of fused-ring (bicyclic) bond motifs is 3. The minimum atomic E-state index is -0.510. The predicted molar refractivity (Wildman–Crippen MR) is 128 cm³/mol. The summed E-state index contributed by atoms with van der Waals surface area (Å²) in [6, 6.07) is 17.2. The van der Waals surface area contributed by atoms with Crippen LogP contribution in [0, 0.1) is 0 Å². The number of rotatable bonds is 5. The highest BCUT2D eigenvalue weighted by molar-refractivity contribution is 6.17. The molecule has 3 aromatic carbocycles. The summed E-state index contributed by atoms with van der Waals surface area (Å²) in [5.74, 6) is 0.259. The monoisotopic (exact) mass is 443 g/mol. The van der Waals surface area contributed by atoms with Crippen LogP contribution in [0.25, 0.3) is 32.9 Å². The van der Waals surface area contributed by atoms with E-state index in [9.17, 15) is 9.59 Å². The van der Waals surface area contributed by atoms with Crippen LogP contribution in [0.2, 0.25) is 0 Å². The Labute approximate surface area is 191 Å². The number of benzene rings is 3. The lowest BCUT2D eigenvalue weighted by Crippen LogP contribution is -2.40. The van der Waals surface area contributed by atoms with Gasteiger partial charge in [-0.15, -0.1) is 0 Å². The van der Waals surface area contributed by atoms with Crippen LogP contribution in [0.1, 0.15) is 27.6 Å². The minimum absolute atomic E-state index is 0.0240. The molecule has 2 heterocycles. The zero-order chi connectivity index (χ0) is 22.9. The van der Waals surface area contributed by atoms with E-state index in [0.29, 0.717) is 49.6 Å². The van der Waals surface area contributed by atoms with Crippen molar-refractivity contribution < 1.29 is 19.1 Å². The number of hydrogen-bond donors (Lipinski definition) is 2. The summed E-state index contributed by atoms with van der Waals surface area (Å²) in [5, 5.41) is 1.81. The van der Waals surface area contributed by atoms with Crippen molar-refractivity contribution in [3.8, 4) is 16.9 Å². The van der Waals surface area contributed by atoms with Gasteiger partial charge in [0.05, 0.1) is 30.9 Å². The molecule has 0 bridgehead atoms. The molecule has 1 aliphatic rings. The van der Waals surface area contributed by atoms with Crippen molar-refractivity contribution in [2.45, 2.75) is 6.92 Å². The zero-order valence-electron chi connectivity index (χ0n) is 18.4. The van der Waals surface area contributed by atoms with Crippen LogP contribution in [0.4, 0.5) is 0 Å². The van der Waals surface area contributed by atoms with E-state index in [0.717, 1.165) is 33.2 Å². The molecular weight excluding hydrogens is 418 g/mol. The van der Waals surface area contributed by atoms with E-state index < -0.39 is 5.91 Å². The van der Waals surface area contributed by atoms with Crippen LogP contribution in [0.3, 0.4) is 0 Å². The number of carbonyl (C=O) groups excluding carboxylic acids is 2. The van der Waals surface area contributed by atoms with Crippen LogP contribution in [0.5, 0.6) is 5.75 Å². The van der Waals surface area contributed by atoms with Gasteiger partial charge < -0.3 is 25.1 Å². The molecule has 0 unspecified atom stereocenters. The fourth-order valence-electron chi connectivity index (χ4n) is 4.36. The van der Waals surface area contributed by atoms with Gasteiger partial charge in [0.25, 0.3) is 11.8 Å². The number of aromatic nitrogens is 1. The van der Waals surface area contributed by atoms with E-state index in [-0.39, 0.29) is 5.91 Å². The van der Waals surface area contributed by atoms with E-state index in [1.54, 1.807) is 11.0 Å². The number of carbonyl (C=O) groups is 2. The maximum absolute atomic E-state index is 12.9. The van der Waals surface area contributed by atoms with Gasteiger partial charge in [0.1, 0.15) is 5.75 Å². The Balaban J connectivity index is 1.60. The van der Waals surface area contributed by atoms with Gasteiger partial charge in [0.15, 0.2) is 0 Å². The van der Waals surface area contributed by atoms with Crippen molar-refractivity contribution in [2.75, 3.05) is 32.9 Å². The molecule has 1 saturated heterocycles. The van der Waals surface area contributed by atoms with Gasteiger partial charge in [0, 0.05) is 34.9 Å². The smallest absolute Gasteiger partial charge is 0.254 e. The average Bonchev–Trinajstić information content (AvgIpc) is 3.22. The van der Waals surface area contributed by atoms with E-state index in [1.807, 2.05) is 55.5 Å². The molecule has 0 spiro atoms. The van der Waals surface area contributed by atoms with Gasteiger partial charge in [-0.05, 0) is 54.4 Å². The third-order valence-electron chi connectivity index (χ3n) is 6.02. The number of H-pyrrole nitrogens is 1. The number of hydrogen-bond acceptors (Lipinski definition) is 4. The Morgan fingerprint density at radius 2 is 1.76 bits per heavy atom. The number of ether oxygens (including phenoxy) is 2. The summed E-state index contributed by atoms with van der Waals surface area (Å²) < 4.78 is 10.9. The molecule has 0 saturated carbocycles. The molecular formula is C26H25N3O4. The Morgan fingerprint density at radius 3 is 2.45 bits per heavy atom. The first-order valence-electron chi connectivity index (χ1n) is 11.0. The molecule has 168 valence electrons. The van der Waals surface area contributed by atoms with Crippen molar-refractivity contribution in [3.63, 3.8) is 0 Å². The SMILES string of the molecule is CCOc1ccc(-c2cc(C(N)=O)c3[nH]c4cc(C(=O)N5CCOCC5)ccc4c3c2)cc1. The Morgan fingerprint density at radius 1 is 1.00 bits per heavy atom. The number of nitrogens with zero attached hydrogens (tertiary/aromatic N) is 1. The first kappa shape index (κ1) is 21.0. The Kier molecular flexibility index (Phi) is 5.48. The van der Waals surface area contributed by atoms with Crippen molar-refractivity contribution in [2.24, 2.45) is 5.73 Å². The van der Waals surface area contributed by atoms with E-state index in [1.165, 1.54) is 0 Å². The summed E-state index contributed by atoms with van der Waals surface area (Å²) in [4.78, 5) is 30.3. The summed E-state index contributed by atoms with van der Waals surface area (Å²) in [6.07, 6.45) is 0. The van der Waals surface area contributed by atoms with Gasteiger partial charge in [-0.1, -0.05) is 18.2 Å². The molecule has 0 radical (unpaired) electrons. The predicted octanol–water partition coefficient (Wildman–Crippen LogP) is 3.96. The number of morpholine rings is 1. The topological polar surface area (TPSA) is 97.7 Å². The number of nitrogens with one attached hydrogen (secondary N) is 1. The molecule has 33 heavy (non-hydrogen) atoms. The second-order valence-corrected chi connectivity index (χ2v) is 8.06. The minimum Gasteiger partial charge on any atom is -0.494 e. The second kappa shape index (κ2) is 8.60. The van der Waals surface area contributed by atoms with Crippen LogP contribution >= 0.6 is 0 Å². The highest BCUT2D eigenvalue weighted by Gasteiger charge is 2.20. The summed E-state index contributed by atoms with van der Waals surface area (Å²) in [5.41, 5.74) is 10.0. The molecule has 2 amide bonds. The third kappa shape index (κ3) is 3.91. The zero-order valence-corrected chi connectivity index (χ0v) is 18.4. The molecule has 1 aromatic heterocycles. The van der Waals surface area contributed by atoms with Gasteiger partial charge in [-0.2, -0.15) is 0 Å². The normalized spacial score (nSPS) is 14.0. The molecule has 7 nitrogen and oxygen atoms in total. The van der Waals surface area contributed by atoms with E-state index >= 15 is 0 Å². The highest BCUT2D eigenvalue weighted by Crippen LogP contribution is 2.34. The highest BCUT2D eigenvalue weighted by atomic mass is 16.5. The number of primary amides is 1. The summed E-state index contributed by atoms with van der Waals surface area (Å²) >= 11 is 0. The van der Waals surface area contributed by atoms with E-state index in [2.05, 4.69) is 4.98 Å². The van der Waals surface area contributed by atoms with Crippen LogP contribution < -0.4 is 10.5 Å². The molecule has 1 aliphatic heterocycles. The largest absolute Gasteiger partial charge is 0.494 e. The number of nitrogens with two attached hydrogens (primary N) is 1. The second-order valence-electron chi connectivity index (χ2n) is 8.06. The Bertz CT molecular complexity index is 1350. The summed E-state index contributed by atoms with van der Waals surface area (Å²) in [6.45, 7) is 4.81. The van der Waals surface area contributed by atoms with Gasteiger partial charge in [-0.25, -0.2) is 0 Å². The van der Waals surface area contributed by atoms with Crippen LogP contribution in [0.15, 0.2) is 54.6 Å². The lowest BCUT2D eigenvalue weighted by atomic mass is 9.98. The molecule has 7 heteroatoms. The Hall–Kier alpha value is -3.84. The van der Waals surface area contributed by atoms with Crippen molar-refractivity contribution in [1.29, 1.82) is 0 Å². The van der Waals surface area contributed by atoms with Crippen molar-refractivity contribution >= 4 is 33.6 Å². The number of aromatic amines is 1.